The van der Waals surface area contributed by atoms with Gasteiger partial charge in [-0.05, 0) is 75.1 Å². The zero-order valence-corrected chi connectivity index (χ0v) is 24.0. The molecule has 1 atom stereocenters. The minimum absolute atomic E-state index is 0.0849. The standard InChI is InChI=1S/C31H40N4O5/c1-5-22-10-11-27(39-15-14-38-4)23(17-22)12-13-31(24-8-6-7-9-24)19-26(36)25(29(37)40-31)18-28-33-30-32-20(2)16-21(3)35(30)34-28/h10-11,16-17,24,36H,5-9,12-15,18-19H2,1-4H3. The Balaban J connectivity index is 1.40. The maximum atomic E-state index is 13.5. The Hall–Kier alpha value is -3.46. The van der Waals surface area contributed by atoms with Crippen LogP contribution in [0.3, 0.4) is 0 Å². The number of carbonyl (C=O) groups is 1. The Morgan fingerprint density at radius 2 is 1.95 bits per heavy atom. The Morgan fingerprint density at radius 1 is 1.15 bits per heavy atom. The number of esters is 1. The fourth-order valence-corrected chi connectivity index (χ4v) is 6.20. The first-order chi connectivity index (χ1) is 19.3. The quantitative estimate of drug-likeness (QED) is 0.258. The molecular formula is C31H40N4O5. The van der Waals surface area contributed by atoms with Gasteiger partial charge in [-0.15, -0.1) is 5.10 Å². The van der Waals surface area contributed by atoms with Crippen LogP contribution in [0.5, 0.6) is 5.75 Å². The van der Waals surface area contributed by atoms with Gasteiger partial charge in [0.2, 0.25) is 0 Å². The normalized spacial score (nSPS) is 19.9. The average molecular weight is 549 g/mol. The number of benzene rings is 1. The molecule has 1 saturated carbocycles. The van der Waals surface area contributed by atoms with Crippen molar-refractivity contribution in [2.45, 2.75) is 84.2 Å². The summed E-state index contributed by atoms with van der Waals surface area (Å²) in [5.74, 6) is 1.55. The summed E-state index contributed by atoms with van der Waals surface area (Å²) in [6, 6.07) is 8.22. The second kappa shape index (κ2) is 12.0. The lowest BCUT2D eigenvalue weighted by Crippen LogP contribution is -2.46. The Morgan fingerprint density at radius 3 is 2.67 bits per heavy atom. The first-order valence-electron chi connectivity index (χ1n) is 14.4. The van der Waals surface area contributed by atoms with Gasteiger partial charge in [0.05, 0.1) is 12.2 Å². The topological polar surface area (TPSA) is 108 Å². The third kappa shape index (κ3) is 5.84. The number of nitrogens with zero attached hydrogens (tertiary/aromatic N) is 4. The third-order valence-electron chi connectivity index (χ3n) is 8.35. The fraction of sp³-hybridized carbons (Fsp3) is 0.548. The minimum Gasteiger partial charge on any atom is -0.512 e. The highest BCUT2D eigenvalue weighted by Crippen LogP contribution is 2.46. The molecule has 1 N–H and O–H groups in total. The SMILES string of the molecule is CCc1ccc(OCCOC)c(CCC2(C3CCCC3)CC(O)=C(Cc3nc4nc(C)cc(C)n4n3)C(=O)O2)c1. The highest BCUT2D eigenvalue weighted by atomic mass is 16.6. The summed E-state index contributed by atoms with van der Waals surface area (Å²) >= 11 is 0. The van der Waals surface area contributed by atoms with Gasteiger partial charge in [0.15, 0.2) is 5.82 Å². The maximum Gasteiger partial charge on any atom is 0.338 e. The summed E-state index contributed by atoms with van der Waals surface area (Å²) in [5.41, 5.74) is 3.55. The maximum absolute atomic E-state index is 13.5. The number of aliphatic hydroxyl groups excluding tert-OH is 1. The van der Waals surface area contributed by atoms with Gasteiger partial charge in [0.25, 0.3) is 5.78 Å². The molecule has 1 aliphatic carbocycles. The van der Waals surface area contributed by atoms with Crippen molar-refractivity contribution >= 4 is 11.7 Å². The van der Waals surface area contributed by atoms with Crippen LogP contribution in [0.15, 0.2) is 35.6 Å². The van der Waals surface area contributed by atoms with Crippen molar-refractivity contribution in [2.75, 3.05) is 20.3 Å². The second-order valence-corrected chi connectivity index (χ2v) is 11.1. The minimum atomic E-state index is -0.755. The smallest absolute Gasteiger partial charge is 0.338 e. The van der Waals surface area contributed by atoms with E-state index in [-0.39, 0.29) is 23.7 Å². The largest absolute Gasteiger partial charge is 0.512 e. The highest BCUT2D eigenvalue weighted by Gasteiger charge is 2.48. The zero-order valence-electron chi connectivity index (χ0n) is 24.0. The van der Waals surface area contributed by atoms with Crippen LogP contribution < -0.4 is 4.74 Å². The molecule has 9 heteroatoms. The Bertz CT molecular complexity index is 1410. The van der Waals surface area contributed by atoms with Crippen LogP contribution in [0, 0.1) is 19.8 Å². The number of cyclic esters (lactones) is 1. The van der Waals surface area contributed by atoms with E-state index in [1.165, 1.54) is 5.56 Å². The molecule has 2 aliphatic rings. The van der Waals surface area contributed by atoms with Crippen LogP contribution in [-0.4, -0.2) is 56.6 Å². The van der Waals surface area contributed by atoms with Gasteiger partial charge < -0.3 is 19.3 Å². The predicted octanol–water partition coefficient (Wildman–Crippen LogP) is 5.19. The molecule has 1 fully saturated rings. The van der Waals surface area contributed by atoms with E-state index in [9.17, 15) is 9.90 Å². The summed E-state index contributed by atoms with van der Waals surface area (Å²) < 4.78 is 19.2. The number of hydrogen-bond acceptors (Lipinski definition) is 8. The average Bonchev–Trinajstić information content (AvgIpc) is 3.61. The van der Waals surface area contributed by atoms with Crippen molar-refractivity contribution in [2.24, 2.45) is 5.92 Å². The van der Waals surface area contributed by atoms with Crippen molar-refractivity contribution in [3.63, 3.8) is 0 Å². The molecule has 0 bridgehead atoms. The van der Waals surface area contributed by atoms with Crippen LogP contribution >= 0.6 is 0 Å². The van der Waals surface area contributed by atoms with Gasteiger partial charge in [-0.25, -0.2) is 14.3 Å². The molecule has 3 aromatic rings. The molecule has 0 radical (unpaired) electrons. The van der Waals surface area contributed by atoms with E-state index < -0.39 is 11.6 Å². The van der Waals surface area contributed by atoms with E-state index in [2.05, 4.69) is 34.1 Å². The summed E-state index contributed by atoms with van der Waals surface area (Å²) in [5, 5.41) is 15.8. The summed E-state index contributed by atoms with van der Waals surface area (Å²) in [7, 11) is 1.66. The lowest BCUT2D eigenvalue weighted by molar-refractivity contribution is -0.167. The molecule has 1 aliphatic heterocycles. The number of fused-ring (bicyclic) bond motifs is 1. The van der Waals surface area contributed by atoms with Crippen molar-refractivity contribution in [1.82, 2.24) is 19.6 Å². The lowest BCUT2D eigenvalue weighted by Gasteiger charge is -2.42. The number of aliphatic hydroxyl groups is 1. The number of methoxy groups -OCH3 is 1. The number of carbonyl (C=O) groups excluding carboxylic acids is 1. The van der Waals surface area contributed by atoms with Crippen LogP contribution in [0.1, 0.15) is 73.8 Å². The van der Waals surface area contributed by atoms with E-state index in [1.54, 1.807) is 11.6 Å². The number of aromatic nitrogens is 4. The molecule has 1 aromatic carbocycles. The van der Waals surface area contributed by atoms with Crippen LogP contribution in [-0.2, 0) is 33.5 Å². The van der Waals surface area contributed by atoms with Crippen LogP contribution in [0.25, 0.3) is 5.78 Å². The second-order valence-electron chi connectivity index (χ2n) is 11.1. The van der Waals surface area contributed by atoms with Gasteiger partial charge in [-0.1, -0.05) is 31.9 Å². The van der Waals surface area contributed by atoms with Gasteiger partial charge >= 0.3 is 5.97 Å². The first-order valence-corrected chi connectivity index (χ1v) is 14.4. The van der Waals surface area contributed by atoms with Crippen LogP contribution in [0.4, 0.5) is 0 Å². The van der Waals surface area contributed by atoms with E-state index >= 15 is 0 Å². The molecule has 1 unspecified atom stereocenters. The summed E-state index contributed by atoms with van der Waals surface area (Å²) in [4.78, 5) is 22.5. The molecule has 0 saturated heterocycles. The molecule has 0 spiro atoms. The molecular weight excluding hydrogens is 508 g/mol. The van der Waals surface area contributed by atoms with E-state index in [0.717, 1.165) is 54.8 Å². The van der Waals surface area contributed by atoms with Gasteiger partial charge in [0.1, 0.15) is 23.7 Å². The molecule has 2 aromatic heterocycles. The van der Waals surface area contributed by atoms with E-state index in [0.29, 0.717) is 44.1 Å². The molecule has 3 heterocycles. The van der Waals surface area contributed by atoms with Gasteiger partial charge in [0, 0.05) is 31.3 Å². The van der Waals surface area contributed by atoms with Crippen molar-refractivity contribution in [3.8, 4) is 5.75 Å². The number of aryl methyl sites for hydroxylation is 4. The lowest BCUT2D eigenvalue weighted by atomic mass is 9.76. The zero-order chi connectivity index (χ0) is 28.3. The predicted molar refractivity (Wildman–Crippen MR) is 151 cm³/mol. The van der Waals surface area contributed by atoms with Gasteiger partial charge in [-0.3, -0.25) is 0 Å². The number of rotatable bonds is 11. The highest BCUT2D eigenvalue weighted by molar-refractivity contribution is 5.90. The summed E-state index contributed by atoms with van der Waals surface area (Å²) in [6.45, 7) is 6.96. The molecule has 214 valence electrons. The monoisotopic (exact) mass is 548 g/mol. The molecule has 9 nitrogen and oxygen atoms in total. The molecule has 40 heavy (non-hydrogen) atoms. The van der Waals surface area contributed by atoms with Crippen molar-refractivity contribution in [3.05, 3.63) is 63.9 Å². The molecule has 0 amide bonds. The third-order valence-corrected chi connectivity index (χ3v) is 8.35. The Labute approximate surface area is 235 Å². The number of ether oxygens (including phenoxy) is 3. The number of hydrogen-bond donors (Lipinski definition) is 1. The first kappa shape index (κ1) is 28.1. The van der Waals surface area contributed by atoms with Gasteiger partial charge in [-0.2, -0.15) is 4.98 Å². The van der Waals surface area contributed by atoms with E-state index in [1.807, 2.05) is 26.0 Å². The summed E-state index contributed by atoms with van der Waals surface area (Å²) in [6.07, 6.45) is 6.81. The fourth-order valence-electron chi connectivity index (χ4n) is 6.20. The van der Waals surface area contributed by atoms with E-state index in [4.69, 9.17) is 14.2 Å². The Kier molecular flexibility index (Phi) is 8.40. The molecule has 5 rings (SSSR count). The van der Waals surface area contributed by atoms with Crippen LogP contribution in [0.2, 0.25) is 0 Å². The van der Waals surface area contributed by atoms with Crippen molar-refractivity contribution in [1.29, 1.82) is 0 Å². The van der Waals surface area contributed by atoms with Crippen molar-refractivity contribution < 1.29 is 24.1 Å².